The number of nitrogens with two attached hydrogens (primary N) is 1. The second-order valence-electron chi connectivity index (χ2n) is 8.17. The number of alkyl halides is 3. The molecule has 0 amide bonds. The Hall–Kier alpha value is -2.58. The summed E-state index contributed by atoms with van der Waals surface area (Å²) in [6.45, 7) is 3.23. The highest BCUT2D eigenvalue weighted by Crippen LogP contribution is 2.38. The quantitative estimate of drug-likeness (QED) is 0.623. The lowest BCUT2D eigenvalue weighted by Gasteiger charge is -2.33. The maximum atomic E-state index is 13.0. The first-order valence-corrected chi connectivity index (χ1v) is 9.98. The number of aromatic nitrogens is 2. The zero-order valence-electron chi connectivity index (χ0n) is 16.7. The van der Waals surface area contributed by atoms with E-state index in [1.165, 1.54) is 12.1 Å². The third-order valence-corrected chi connectivity index (χ3v) is 6.02. The van der Waals surface area contributed by atoms with Gasteiger partial charge in [0, 0.05) is 31.4 Å². The van der Waals surface area contributed by atoms with Crippen molar-refractivity contribution in [2.24, 2.45) is 0 Å². The number of anilines is 1. The fourth-order valence-electron chi connectivity index (χ4n) is 4.05. The minimum atomic E-state index is -4.71. The van der Waals surface area contributed by atoms with E-state index in [1.807, 2.05) is 24.5 Å². The molecule has 3 N–H and O–H groups in total. The third-order valence-electron chi connectivity index (χ3n) is 6.02. The highest BCUT2D eigenvalue weighted by Gasteiger charge is 2.51. The number of likely N-dealkylation sites (tertiary alicyclic amines) is 1. The number of nitrogens with zero attached hydrogens (tertiary/aromatic N) is 3. The Morgan fingerprint density at radius 1 is 1.10 bits per heavy atom. The molecule has 30 heavy (non-hydrogen) atoms. The van der Waals surface area contributed by atoms with Crippen LogP contribution in [0.1, 0.15) is 36.9 Å². The van der Waals surface area contributed by atoms with Gasteiger partial charge in [-0.05, 0) is 49.1 Å². The molecule has 2 heterocycles. The minimum Gasteiger partial charge on any atom is -0.399 e. The van der Waals surface area contributed by atoms with Gasteiger partial charge >= 0.3 is 6.18 Å². The minimum absolute atomic E-state index is 0.148. The number of hydrogen-bond donors (Lipinski definition) is 2. The van der Waals surface area contributed by atoms with Crippen molar-refractivity contribution in [2.45, 2.75) is 44.1 Å². The molecule has 8 heteroatoms. The van der Waals surface area contributed by atoms with Gasteiger partial charge in [-0.25, -0.2) is 4.98 Å². The summed E-state index contributed by atoms with van der Waals surface area (Å²) in [6, 6.07) is 12.2. The van der Waals surface area contributed by atoms with Crippen LogP contribution in [0.2, 0.25) is 0 Å². The first-order chi connectivity index (χ1) is 14.1. The zero-order valence-corrected chi connectivity index (χ0v) is 16.7. The first kappa shape index (κ1) is 20.7. The highest BCUT2D eigenvalue weighted by atomic mass is 19.4. The predicted molar refractivity (Wildman–Crippen MR) is 110 cm³/mol. The molecule has 1 saturated heterocycles. The number of benzene rings is 2. The molecular weight excluding hydrogens is 393 g/mol. The SMILES string of the molecule is CC(O)(c1ccc(CN2CCC(n3cnc4cc(N)ccc43)CC2)cc1)C(F)(F)F. The van der Waals surface area contributed by atoms with Crippen LogP contribution in [0.25, 0.3) is 11.0 Å². The zero-order chi connectivity index (χ0) is 21.5. The van der Waals surface area contributed by atoms with E-state index in [4.69, 9.17) is 5.73 Å². The van der Waals surface area contributed by atoms with Gasteiger partial charge < -0.3 is 15.4 Å². The summed E-state index contributed by atoms with van der Waals surface area (Å²) in [6.07, 6.45) is -0.900. The van der Waals surface area contributed by atoms with E-state index in [1.54, 1.807) is 12.1 Å². The van der Waals surface area contributed by atoms with Crippen molar-refractivity contribution in [2.75, 3.05) is 18.8 Å². The molecule has 5 nitrogen and oxygen atoms in total. The maximum absolute atomic E-state index is 13.0. The molecule has 1 unspecified atom stereocenters. The normalized spacial score (nSPS) is 18.6. The van der Waals surface area contributed by atoms with Crippen molar-refractivity contribution in [3.63, 3.8) is 0 Å². The van der Waals surface area contributed by atoms with Gasteiger partial charge in [-0.1, -0.05) is 24.3 Å². The van der Waals surface area contributed by atoms with Gasteiger partial charge in [-0.2, -0.15) is 13.2 Å². The summed E-state index contributed by atoms with van der Waals surface area (Å²) < 4.78 is 41.2. The van der Waals surface area contributed by atoms with Crippen LogP contribution in [0.15, 0.2) is 48.8 Å². The van der Waals surface area contributed by atoms with E-state index in [2.05, 4.69) is 14.5 Å². The Bertz CT molecular complexity index is 1020. The molecule has 1 fully saturated rings. The van der Waals surface area contributed by atoms with E-state index in [9.17, 15) is 18.3 Å². The van der Waals surface area contributed by atoms with E-state index in [0.29, 0.717) is 18.3 Å². The fraction of sp³-hybridized carbons (Fsp3) is 0.409. The summed E-state index contributed by atoms with van der Waals surface area (Å²) in [5.74, 6) is 0. The lowest BCUT2D eigenvalue weighted by Crippen LogP contribution is -2.39. The molecule has 2 aromatic carbocycles. The van der Waals surface area contributed by atoms with Crippen molar-refractivity contribution in [3.8, 4) is 0 Å². The van der Waals surface area contributed by atoms with Gasteiger partial charge in [0.05, 0.1) is 17.4 Å². The molecular formula is C22H25F3N4O. The smallest absolute Gasteiger partial charge is 0.399 e. The number of hydrogen-bond acceptors (Lipinski definition) is 4. The van der Waals surface area contributed by atoms with Crippen LogP contribution in [-0.4, -0.2) is 38.8 Å². The number of piperidine rings is 1. The van der Waals surface area contributed by atoms with Crippen molar-refractivity contribution in [1.82, 2.24) is 14.5 Å². The van der Waals surface area contributed by atoms with E-state index in [-0.39, 0.29) is 5.56 Å². The van der Waals surface area contributed by atoms with Gasteiger partial charge in [0.2, 0.25) is 0 Å². The molecule has 160 valence electrons. The van der Waals surface area contributed by atoms with Gasteiger partial charge in [-0.3, -0.25) is 4.90 Å². The number of rotatable bonds is 4. The second-order valence-corrected chi connectivity index (χ2v) is 8.17. The van der Waals surface area contributed by atoms with E-state index < -0.39 is 11.8 Å². The van der Waals surface area contributed by atoms with Gasteiger partial charge in [0.25, 0.3) is 0 Å². The van der Waals surface area contributed by atoms with Crippen molar-refractivity contribution in [1.29, 1.82) is 0 Å². The molecule has 1 aliphatic rings. The highest BCUT2D eigenvalue weighted by molar-refractivity contribution is 5.79. The summed E-state index contributed by atoms with van der Waals surface area (Å²) in [5, 5.41) is 9.79. The van der Waals surface area contributed by atoms with Crippen LogP contribution < -0.4 is 5.73 Å². The Labute approximate surface area is 172 Å². The number of imidazole rings is 1. The Morgan fingerprint density at radius 3 is 2.40 bits per heavy atom. The topological polar surface area (TPSA) is 67.3 Å². The van der Waals surface area contributed by atoms with E-state index >= 15 is 0 Å². The monoisotopic (exact) mass is 418 g/mol. The standard InChI is InChI=1S/C22H25F3N4O/c1-21(30,22(23,24)25)16-4-2-15(3-5-16)13-28-10-8-18(9-11-28)29-14-27-19-12-17(26)6-7-20(19)29/h2-7,12,14,18,30H,8-11,13,26H2,1H3. The van der Waals surface area contributed by atoms with Gasteiger partial charge in [-0.15, -0.1) is 0 Å². The molecule has 0 spiro atoms. The van der Waals surface area contributed by atoms with Gasteiger partial charge in [0.1, 0.15) is 0 Å². The average Bonchev–Trinajstić information content (AvgIpc) is 3.11. The molecule has 0 saturated carbocycles. The number of nitrogen functional groups attached to an aromatic ring is 1. The predicted octanol–water partition coefficient (Wildman–Crippen LogP) is 4.23. The first-order valence-electron chi connectivity index (χ1n) is 9.98. The van der Waals surface area contributed by atoms with Crippen molar-refractivity contribution in [3.05, 3.63) is 59.9 Å². The Kier molecular flexibility index (Phi) is 5.23. The Balaban J connectivity index is 1.38. The lowest BCUT2D eigenvalue weighted by atomic mass is 9.94. The molecule has 0 radical (unpaired) electrons. The second kappa shape index (κ2) is 7.59. The van der Waals surface area contributed by atoms with E-state index in [0.717, 1.165) is 49.5 Å². The van der Waals surface area contributed by atoms with Gasteiger partial charge in [0.15, 0.2) is 5.60 Å². The molecule has 1 aliphatic heterocycles. The van der Waals surface area contributed by atoms with Crippen LogP contribution in [0.3, 0.4) is 0 Å². The number of aliphatic hydroxyl groups is 1. The maximum Gasteiger partial charge on any atom is 0.421 e. The largest absolute Gasteiger partial charge is 0.421 e. The fourth-order valence-corrected chi connectivity index (χ4v) is 4.05. The molecule has 4 rings (SSSR count). The number of fused-ring (bicyclic) bond motifs is 1. The van der Waals surface area contributed by atoms with Crippen LogP contribution in [0.5, 0.6) is 0 Å². The third kappa shape index (κ3) is 3.89. The lowest BCUT2D eigenvalue weighted by molar-refractivity contribution is -0.258. The molecule has 0 aliphatic carbocycles. The average molecular weight is 418 g/mol. The molecule has 3 aromatic rings. The summed E-state index contributed by atoms with van der Waals surface area (Å²) in [4.78, 5) is 6.75. The molecule has 1 atom stereocenters. The summed E-state index contributed by atoms with van der Waals surface area (Å²) >= 11 is 0. The summed E-state index contributed by atoms with van der Waals surface area (Å²) in [7, 11) is 0. The van der Waals surface area contributed by atoms with Crippen LogP contribution >= 0.6 is 0 Å². The molecule has 1 aromatic heterocycles. The van der Waals surface area contributed by atoms with Crippen LogP contribution in [0.4, 0.5) is 18.9 Å². The van der Waals surface area contributed by atoms with Crippen molar-refractivity contribution >= 4 is 16.7 Å². The number of halogens is 3. The van der Waals surface area contributed by atoms with Crippen molar-refractivity contribution < 1.29 is 18.3 Å². The Morgan fingerprint density at radius 2 is 1.77 bits per heavy atom. The summed E-state index contributed by atoms with van der Waals surface area (Å²) in [5.41, 5.74) is 6.44. The van der Waals surface area contributed by atoms with Crippen LogP contribution in [0, 0.1) is 0 Å². The van der Waals surface area contributed by atoms with Crippen LogP contribution in [-0.2, 0) is 12.1 Å². The molecule has 0 bridgehead atoms.